The Kier molecular flexibility index (Phi) is 6.53. The van der Waals surface area contributed by atoms with E-state index >= 15 is 0 Å². The zero-order valence-corrected chi connectivity index (χ0v) is 19.7. The molecule has 5 rings (SSSR count). The summed E-state index contributed by atoms with van der Waals surface area (Å²) in [5.41, 5.74) is -4.73. The molecular weight excluding hydrogens is 518 g/mol. The van der Waals surface area contributed by atoms with E-state index in [2.05, 4.69) is 25.6 Å². The number of aromatic nitrogens is 4. The normalized spacial score (nSPS) is 23.6. The lowest BCUT2D eigenvalue weighted by molar-refractivity contribution is -0.333. The number of alkyl halides is 6. The molecule has 1 unspecified atom stereocenters. The van der Waals surface area contributed by atoms with Crippen LogP contribution in [0.4, 0.5) is 38.1 Å². The van der Waals surface area contributed by atoms with Gasteiger partial charge in [0.25, 0.3) is 5.56 Å². The molecule has 8 nitrogen and oxygen atoms in total. The highest BCUT2D eigenvalue weighted by Gasteiger charge is 2.61. The molecule has 202 valence electrons. The summed E-state index contributed by atoms with van der Waals surface area (Å²) >= 11 is 0. The zero-order chi connectivity index (χ0) is 27.1. The van der Waals surface area contributed by atoms with Gasteiger partial charge in [0.1, 0.15) is 11.4 Å². The van der Waals surface area contributed by atoms with Crippen LogP contribution in [0.5, 0.6) is 0 Å². The Morgan fingerprint density at radius 3 is 2.18 bits per heavy atom. The molecule has 2 N–H and O–H groups in total. The van der Waals surface area contributed by atoms with E-state index in [4.69, 9.17) is 4.74 Å². The number of ether oxygens (including phenoxy) is 1. The summed E-state index contributed by atoms with van der Waals surface area (Å²) in [5.74, 6) is 0.697. The van der Waals surface area contributed by atoms with Gasteiger partial charge in [-0.05, 0) is 43.5 Å². The van der Waals surface area contributed by atoms with E-state index in [1.54, 1.807) is 6.07 Å². The molecule has 0 radical (unpaired) electrons. The quantitative estimate of drug-likeness (QED) is 0.439. The number of anilines is 2. The molecule has 4 heterocycles. The molecule has 1 saturated carbocycles. The third-order valence-corrected chi connectivity index (χ3v) is 6.78. The number of nitrogens with one attached hydrogen (secondary N) is 2. The molecule has 3 aromatic rings. The Balaban J connectivity index is 1.18. The third kappa shape index (κ3) is 4.91. The van der Waals surface area contributed by atoms with Crippen molar-refractivity contribution in [1.82, 2.24) is 19.5 Å². The van der Waals surface area contributed by atoms with Gasteiger partial charge in [0.15, 0.2) is 5.60 Å². The van der Waals surface area contributed by atoms with Gasteiger partial charge in [0.05, 0.1) is 18.5 Å². The molecule has 3 atom stereocenters. The monoisotopic (exact) mass is 540 g/mol. The van der Waals surface area contributed by atoms with Crippen LogP contribution in [0.15, 0.2) is 53.8 Å². The molecule has 38 heavy (non-hydrogen) atoms. The van der Waals surface area contributed by atoms with E-state index < -0.39 is 29.1 Å². The van der Waals surface area contributed by atoms with Gasteiger partial charge >= 0.3 is 12.4 Å². The van der Waals surface area contributed by atoms with Crippen LogP contribution in [-0.4, -0.2) is 44.4 Å². The summed E-state index contributed by atoms with van der Waals surface area (Å²) < 4.78 is 85.1. The van der Waals surface area contributed by atoms with Crippen molar-refractivity contribution >= 4 is 11.8 Å². The Labute approximate surface area is 212 Å². The molecule has 0 bridgehead atoms. The second-order valence-corrected chi connectivity index (χ2v) is 9.21. The number of hydrogen-bond donors (Lipinski definition) is 2. The van der Waals surface area contributed by atoms with Crippen molar-refractivity contribution in [2.75, 3.05) is 17.2 Å². The van der Waals surface area contributed by atoms with Crippen LogP contribution in [-0.2, 0) is 16.5 Å². The average molecular weight is 540 g/mol. The van der Waals surface area contributed by atoms with E-state index in [1.807, 2.05) is 0 Å². The van der Waals surface area contributed by atoms with Crippen molar-refractivity contribution in [1.29, 1.82) is 0 Å². The van der Waals surface area contributed by atoms with E-state index in [1.165, 1.54) is 18.5 Å². The molecule has 0 amide bonds. The molecule has 1 aliphatic carbocycles. The maximum Gasteiger partial charge on any atom is 0.421 e. The van der Waals surface area contributed by atoms with Crippen LogP contribution in [0.3, 0.4) is 0 Å². The highest BCUT2D eigenvalue weighted by atomic mass is 19.4. The number of nitrogens with zero attached hydrogens (tertiary/aromatic N) is 4. The first-order valence-corrected chi connectivity index (χ1v) is 11.8. The second kappa shape index (κ2) is 9.57. The Hall–Kier alpha value is -3.68. The summed E-state index contributed by atoms with van der Waals surface area (Å²) in [5, 5.41) is 6.38. The van der Waals surface area contributed by atoms with Crippen LogP contribution in [0.25, 0.3) is 5.69 Å². The van der Waals surface area contributed by atoms with Crippen LogP contribution < -0.4 is 16.2 Å². The second-order valence-electron chi connectivity index (χ2n) is 9.21. The summed E-state index contributed by atoms with van der Waals surface area (Å²) in [4.78, 5) is 24.5. The molecule has 0 aromatic carbocycles. The minimum Gasteiger partial charge on any atom is -0.367 e. The lowest BCUT2D eigenvalue weighted by atomic mass is 9.87. The van der Waals surface area contributed by atoms with Gasteiger partial charge in [-0.1, -0.05) is 0 Å². The van der Waals surface area contributed by atoms with E-state index in [-0.39, 0.29) is 42.3 Å². The van der Waals surface area contributed by atoms with Crippen molar-refractivity contribution in [3.05, 3.63) is 70.5 Å². The summed E-state index contributed by atoms with van der Waals surface area (Å²) in [6.07, 6.45) is -2.51. The smallest absolute Gasteiger partial charge is 0.367 e. The highest BCUT2D eigenvalue weighted by molar-refractivity contribution is 5.42. The zero-order valence-electron chi connectivity index (χ0n) is 19.7. The number of pyridine rings is 2. The van der Waals surface area contributed by atoms with Crippen LogP contribution in [0.1, 0.15) is 36.8 Å². The minimum atomic E-state index is -4.76. The number of rotatable bonds is 6. The van der Waals surface area contributed by atoms with Gasteiger partial charge in [-0.15, -0.1) is 0 Å². The van der Waals surface area contributed by atoms with Gasteiger partial charge in [-0.3, -0.25) is 9.36 Å². The molecule has 0 spiro atoms. The van der Waals surface area contributed by atoms with Gasteiger partial charge in [0, 0.05) is 42.7 Å². The SMILES string of the molecule is O=c1c(C(F)(F)F)cccn1-c1ccc(N[C@H]2CC[C@H](Nc3ncc(C4(C(F)(F)F)CCO4)cn3)C2)nc1. The number of halogens is 6. The van der Waals surface area contributed by atoms with Gasteiger partial charge in [-0.25, -0.2) is 15.0 Å². The molecule has 2 aliphatic rings. The van der Waals surface area contributed by atoms with Crippen molar-refractivity contribution in [3.63, 3.8) is 0 Å². The van der Waals surface area contributed by atoms with Crippen LogP contribution >= 0.6 is 0 Å². The topological polar surface area (TPSA) is 94.0 Å². The Morgan fingerprint density at radius 1 is 0.947 bits per heavy atom. The average Bonchev–Trinajstić information content (AvgIpc) is 3.25. The van der Waals surface area contributed by atoms with Crippen molar-refractivity contribution in [2.45, 2.75) is 55.7 Å². The fourth-order valence-electron chi connectivity index (χ4n) is 4.69. The summed E-state index contributed by atoms with van der Waals surface area (Å²) in [6.45, 7) is 0.0251. The Bertz CT molecular complexity index is 1340. The fourth-order valence-corrected chi connectivity index (χ4v) is 4.69. The van der Waals surface area contributed by atoms with Crippen molar-refractivity contribution in [3.8, 4) is 5.69 Å². The lowest BCUT2D eigenvalue weighted by Crippen LogP contribution is -2.52. The predicted octanol–water partition coefficient (Wildman–Crippen LogP) is 4.66. The summed E-state index contributed by atoms with van der Waals surface area (Å²) in [7, 11) is 0. The molecule has 1 saturated heterocycles. The summed E-state index contributed by atoms with van der Waals surface area (Å²) in [6, 6.07) is 4.93. The van der Waals surface area contributed by atoms with E-state index in [0.29, 0.717) is 12.2 Å². The first kappa shape index (κ1) is 25.9. The fraction of sp³-hybridized carbons (Fsp3) is 0.417. The highest BCUT2D eigenvalue weighted by Crippen LogP contribution is 2.49. The third-order valence-electron chi connectivity index (χ3n) is 6.78. The molecular formula is C24H22F6N6O2. The van der Waals surface area contributed by atoms with E-state index in [9.17, 15) is 31.1 Å². The van der Waals surface area contributed by atoms with E-state index in [0.717, 1.165) is 41.9 Å². The minimum absolute atomic E-state index is 0.0123. The molecule has 3 aromatic heterocycles. The van der Waals surface area contributed by atoms with Crippen LogP contribution in [0.2, 0.25) is 0 Å². The molecule has 1 aliphatic heterocycles. The van der Waals surface area contributed by atoms with Gasteiger partial charge in [0.2, 0.25) is 5.95 Å². The first-order chi connectivity index (χ1) is 18.0. The standard InChI is InChI=1S/C24H22F6N6O2/c25-23(26,27)18-2-1-8-36(20(18)37)17-5-6-19(31-13-17)34-15-3-4-16(10-15)35-21-32-11-14(12-33-21)22(7-9-38-22)24(28,29)30/h1-2,5-6,8,11-13,15-16H,3-4,7,9-10H2,(H,31,34)(H,32,33,35)/t15-,16-,22?/m0/s1. The van der Waals surface area contributed by atoms with Crippen LogP contribution in [0, 0.1) is 0 Å². The van der Waals surface area contributed by atoms with Gasteiger partial charge in [-0.2, -0.15) is 26.3 Å². The maximum absolute atomic E-state index is 13.4. The Morgan fingerprint density at radius 2 is 1.63 bits per heavy atom. The first-order valence-electron chi connectivity index (χ1n) is 11.8. The van der Waals surface area contributed by atoms with Crippen molar-refractivity contribution < 1.29 is 31.1 Å². The molecule has 2 fully saturated rings. The maximum atomic E-state index is 13.4. The lowest BCUT2D eigenvalue weighted by Gasteiger charge is -2.42. The predicted molar refractivity (Wildman–Crippen MR) is 124 cm³/mol. The largest absolute Gasteiger partial charge is 0.421 e. The molecule has 14 heteroatoms. The van der Waals surface area contributed by atoms with Crippen molar-refractivity contribution in [2.24, 2.45) is 0 Å². The number of hydrogen-bond acceptors (Lipinski definition) is 7. The van der Waals surface area contributed by atoms with Gasteiger partial charge < -0.3 is 15.4 Å².